The summed E-state index contributed by atoms with van der Waals surface area (Å²) in [6.45, 7) is 0.144. The van der Waals surface area contributed by atoms with E-state index in [1.165, 1.54) is 6.07 Å². The van der Waals surface area contributed by atoms with E-state index in [1.807, 2.05) is 0 Å². The highest BCUT2D eigenvalue weighted by atomic mass is 35.5. The van der Waals surface area contributed by atoms with Crippen molar-refractivity contribution in [3.63, 3.8) is 0 Å². The molecule has 0 aliphatic rings. The standard InChI is InChI=1S/C9H9Cl2F2NO/c10-3-6(15)4-14-5-1-7(11)9(13)8(12)2-5/h1-2,6,14-15H,3-4H2. The van der Waals surface area contributed by atoms with Crippen molar-refractivity contribution in [3.05, 3.63) is 28.8 Å². The summed E-state index contributed by atoms with van der Waals surface area (Å²) in [4.78, 5) is 0. The molecule has 6 heteroatoms. The fourth-order valence-corrected chi connectivity index (χ4v) is 1.26. The molecule has 2 nitrogen and oxygen atoms in total. The predicted molar refractivity (Wildman–Crippen MR) is 56.6 cm³/mol. The summed E-state index contributed by atoms with van der Waals surface area (Å²) in [7, 11) is 0. The molecule has 1 aromatic carbocycles. The molecule has 1 atom stereocenters. The fraction of sp³-hybridized carbons (Fsp3) is 0.333. The number of benzene rings is 1. The number of anilines is 1. The van der Waals surface area contributed by atoms with Gasteiger partial charge in [0.2, 0.25) is 0 Å². The minimum absolute atomic E-state index is 0.0599. The van der Waals surface area contributed by atoms with Gasteiger partial charge in [-0.25, -0.2) is 8.78 Å². The number of aliphatic hydroxyl groups excluding tert-OH is 1. The van der Waals surface area contributed by atoms with Gasteiger partial charge in [0.05, 0.1) is 17.0 Å². The maximum Gasteiger partial charge on any atom is 0.177 e. The molecule has 1 unspecified atom stereocenters. The molecule has 2 N–H and O–H groups in total. The molecule has 0 aliphatic carbocycles. The zero-order valence-electron chi connectivity index (χ0n) is 7.61. The predicted octanol–water partition coefficient (Wildman–Crippen LogP) is 2.63. The molecule has 1 aromatic rings. The normalized spacial score (nSPS) is 12.6. The maximum atomic E-state index is 12.9. The first kappa shape index (κ1) is 12.5. The lowest BCUT2D eigenvalue weighted by Crippen LogP contribution is -2.20. The van der Waals surface area contributed by atoms with Crippen molar-refractivity contribution in [2.24, 2.45) is 0 Å². The molecule has 0 saturated carbocycles. The Morgan fingerprint density at radius 1 is 1.40 bits per heavy atom. The van der Waals surface area contributed by atoms with Gasteiger partial charge in [0.15, 0.2) is 11.6 Å². The first-order valence-electron chi connectivity index (χ1n) is 4.17. The van der Waals surface area contributed by atoms with Crippen LogP contribution in [0.1, 0.15) is 0 Å². The number of aliphatic hydroxyl groups is 1. The monoisotopic (exact) mass is 255 g/mol. The molecule has 84 valence electrons. The van der Waals surface area contributed by atoms with Crippen LogP contribution in [0.4, 0.5) is 14.5 Å². The SMILES string of the molecule is OC(CCl)CNc1cc(F)c(F)c(Cl)c1. The van der Waals surface area contributed by atoms with E-state index in [-0.39, 0.29) is 17.4 Å². The van der Waals surface area contributed by atoms with Crippen LogP contribution < -0.4 is 5.32 Å². The summed E-state index contributed by atoms with van der Waals surface area (Å²) >= 11 is 10.8. The molecule has 0 spiro atoms. The van der Waals surface area contributed by atoms with Gasteiger partial charge in [-0.3, -0.25) is 0 Å². The van der Waals surface area contributed by atoms with Crippen LogP contribution in [-0.4, -0.2) is 23.6 Å². The fourth-order valence-electron chi connectivity index (χ4n) is 0.948. The second-order valence-corrected chi connectivity index (χ2v) is 3.66. The van der Waals surface area contributed by atoms with E-state index in [4.69, 9.17) is 28.3 Å². The third-order valence-corrected chi connectivity index (χ3v) is 2.34. The Balaban J connectivity index is 2.70. The molecule has 0 heterocycles. The minimum atomic E-state index is -1.08. The maximum absolute atomic E-state index is 12.9. The molecule has 0 saturated heterocycles. The average molecular weight is 256 g/mol. The van der Waals surface area contributed by atoms with Crippen LogP contribution in [0, 0.1) is 11.6 Å². The molecular formula is C9H9Cl2F2NO. The van der Waals surface area contributed by atoms with E-state index in [0.717, 1.165) is 6.07 Å². The summed E-state index contributed by atoms with van der Waals surface area (Å²) in [5, 5.41) is 11.5. The Morgan fingerprint density at radius 3 is 2.60 bits per heavy atom. The molecule has 1 rings (SSSR count). The van der Waals surface area contributed by atoms with Crippen molar-refractivity contribution in [3.8, 4) is 0 Å². The van der Waals surface area contributed by atoms with E-state index in [9.17, 15) is 8.78 Å². The van der Waals surface area contributed by atoms with Crippen LogP contribution in [-0.2, 0) is 0 Å². The van der Waals surface area contributed by atoms with E-state index >= 15 is 0 Å². The number of halogens is 4. The minimum Gasteiger partial charge on any atom is -0.390 e. The lowest BCUT2D eigenvalue weighted by Gasteiger charge is -2.10. The Bertz CT molecular complexity index is 326. The third-order valence-electron chi connectivity index (χ3n) is 1.70. The van der Waals surface area contributed by atoms with Gasteiger partial charge < -0.3 is 10.4 Å². The van der Waals surface area contributed by atoms with Crippen LogP contribution in [0.3, 0.4) is 0 Å². The number of nitrogens with one attached hydrogen (secondary N) is 1. The van der Waals surface area contributed by atoms with Crippen LogP contribution in [0.2, 0.25) is 5.02 Å². The number of hydrogen-bond donors (Lipinski definition) is 2. The van der Waals surface area contributed by atoms with Crippen LogP contribution >= 0.6 is 23.2 Å². The lowest BCUT2D eigenvalue weighted by molar-refractivity contribution is 0.211. The first-order chi connectivity index (χ1) is 7.04. The van der Waals surface area contributed by atoms with Crippen LogP contribution in [0.15, 0.2) is 12.1 Å². The molecule has 15 heavy (non-hydrogen) atoms. The zero-order valence-corrected chi connectivity index (χ0v) is 9.12. The highest BCUT2D eigenvalue weighted by molar-refractivity contribution is 6.31. The Kier molecular flexibility index (Phi) is 4.57. The molecule has 0 aliphatic heterocycles. The van der Waals surface area contributed by atoms with Gasteiger partial charge in [0.1, 0.15) is 0 Å². The Morgan fingerprint density at radius 2 is 2.07 bits per heavy atom. The summed E-state index contributed by atoms with van der Waals surface area (Å²) < 4.78 is 25.6. The van der Waals surface area contributed by atoms with Crippen molar-refractivity contribution in [2.45, 2.75) is 6.10 Å². The molecule has 0 radical (unpaired) electrons. The highest BCUT2D eigenvalue weighted by Gasteiger charge is 2.09. The number of alkyl halides is 1. The average Bonchev–Trinajstić information content (AvgIpc) is 2.22. The zero-order chi connectivity index (χ0) is 11.4. The van der Waals surface area contributed by atoms with Gasteiger partial charge in [-0.15, -0.1) is 11.6 Å². The molecule has 0 aromatic heterocycles. The van der Waals surface area contributed by atoms with Crippen molar-refractivity contribution in [1.82, 2.24) is 0 Å². The summed E-state index contributed by atoms with van der Waals surface area (Å²) in [6.07, 6.45) is -0.751. The second kappa shape index (κ2) is 5.49. The van der Waals surface area contributed by atoms with Crippen molar-refractivity contribution >= 4 is 28.9 Å². The van der Waals surface area contributed by atoms with Gasteiger partial charge >= 0.3 is 0 Å². The number of hydrogen-bond acceptors (Lipinski definition) is 2. The highest BCUT2D eigenvalue weighted by Crippen LogP contribution is 2.22. The summed E-state index contributed by atoms with van der Waals surface area (Å²) in [5.41, 5.74) is 0.295. The van der Waals surface area contributed by atoms with Crippen molar-refractivity contribution in [2.75, 3.05) is 17.7 Å². The van der Waals surface area contributed by atoms with Gasteiger partial charge in [-0.1, -0.05) is 11.6 Å². The van der Waals surface area contributed by atoms with Crippen molar-refractivity contribution in [1.29, 1.82) is 0 Å². The van der Waals surface area contributed by atoms with Gasteiger partial charge in [-0.2, -0.15) is 0 Å². The molecule has 0 bridgehead atoms. The Labute approximate surface area is 95.8 Å². The second-order valence-electron chi connectivity index (χ2n) is 2.94. The largest absolute Gasteiger partial charge is 0.390 e. The first-order valence-corrected chi connectivity index (χ1v) is 5.08. The Hall–Kier alpha value is -0.580. The molecule has 0 fully saturated rings. The van der Waals surface area contributed by atoms with E-state index < -0.39 is 17.7 Å². The van der Waals surface area contributed by atoms with Crippen molar-refractivity contribution < 1.29 is 13.9 Å². The van der Waals surface area contributed by atoms with Gasteiger partial charge in [0, 0.05) is 18.3 Å². The smallest absolute Gasteiger partial charge is 0.177 e. The van der Waals surface area contributed by atoms with Crippen LogP contribution in [0.25, 0.3) is 0 Å². The topological polar surface area (TPSA) is 32.3 Å². The molecular weight excluding hydrogens is 247 g/mol. The molecule has 0 amide bonds. The summed E-state index contributed by atoms with van der Waals surface area (Å²) in [6, 6.07) is 2.20. The lowest BCUT2D eigenvalue weighted by atomic mass is 10.3. The van der Waals surface area contributed by atoms with E-state index in [0.29, 0.717) is 5.69 Å². The van der Waals surface area contributed by atoms with Gasteiger partial charge in [-0.05, 0) is 6.07 Å². The van der Waals surface area contributed by atoms with Gasteiger partial charge in [0.25, 0.3) is 0 Å². The van der Waals surface area contributed by atoms with Crippen LogP contribution in [0.5, 0.6) is 0 Å². The number of rotatable bonds is 4. The summed E-state index contributed by atoms with van der Waals surface area (Å²) in [5.74, 6) is -2.06. The van der Waals surface area contributed by atoms with E-state index in [2.05, 4.69) is 5.32 Å². The third kappa shape index (κ3) is 3.48. The quantitative estimate of drug-likeness (QED) is 0.641. The van der Waals surface area contributed by atoms with E-state index in [1.54, 1.807) is 0 Å².